The Hall–Kier alpha value is -1.19. The third kappa shape index (κ3) is 2.01. The van der Waals surface area contributed by atoms with Gasteiger partial charge in [-0.25, -0.2) is 4.98 Å². The highest BCUT2D eigenvalue weighted by molar-refractivity contribution is 7.12. The molecular formula is C14H16N2S. The van der Waals surface area contributed by atoms with Crippen molar-refractivity contribution in [1.29, 1.82) is 0 Å². The molecular weight excluding hydrogens is 228 g/mol. The van der Waals surface area contributed by atoms with E-state index in [-0.39, 0.29) is 0 Å². The van der Waals surface area contributed by atoms with Crippen molar-refractivity contribution in [3.8, 4) is 11.3 Å². The summed E-state index contributed by atoms with van der Waals surface area (Å²) >= 11 is 1.86. The Morgan fingerprint density at radius 2 is 2.18 bits per heavy atom. The third-order valence-corrected chi connectivity index (χ3v) is 4.31. The van der Waals surface area contributed by atoms with Gasteiger partial charge in [-0.05, 0) is 31.9 Å². The molecule has 0 aliphatic heterocycles. The lowest BCUT2D eigenvalue weighted by molar-refractivity contribution is 0.810. The predicted octanol–water partition coefficient (Wildman–Crippen LogP) is 3.02. The van der Waals surface area contributed by atoms with E-state index in [1.807, 2.05) is 18.4 Å². The lowest BCUT2D eigenvalue weighted by atomic mass is 10.0. The van der Waals surface area contributed by atoms with Gasteiger partial charge >= 0.3 is 0 Å². The largest absolute Gasteiger partial charge is 0.314 e. The molecule has 3 heteroatoms. The molecule has 0 saturated carbocycles. The molecule has 0 atom stereocenters. The molecule has 88 valence electrons. The van der Waals surface area contributed by atoms with Crippen molar-refractivity contribution in [2.75, 3.05) is 7.05 Å². The van der Waals surface area contributed by atoms with Crippen LogP contribution in [0, 0.1) is 0 Å². The van der Waals surface area contributed by atoms with Gasteiger partial charge in [0, 0.05) is 17.0 Å². The summed E-state index contributed by atoms with van der Waals surface area (Å²) in [5, 5.41) is 4.38. The molecule has 2 nitrogen and oxygen atoms in total. The number of nitrogens with zero attached hydrogens (tertiary/aromatic N) is 1. The van der Waals surface area contributed by atoms with E-state index in [0.29, 0.717) is 0 Å². The first-order valence-electron chi connectivity index (χ1n) is 6.10. The number of fused-ring (bicyclic) bond motifs is 3. The van der Waals surface area contributed by atoms with E-state index in [4.69, 9.17) is 4.98 Å². The van der Waals surface area contributed by atoms with Gasteiger partial charge in [0.15, 0.2) is 0 Å². The van der Waals surface area contributed by atoms with E-state index in [1.54, 1.807) is 0 Å². The maximum absolute atomic E-state index is 4.80. The van der Waals surface area contributed by atoms with Crippen molar-refractivity contribution in [1.82, 2.24) is 10.3 Å². The van der Waals surface area contributed by atoms with Crippen LogP contribution in [0.3, 0.4) is 0 Å². The zero-order valence-corrected chi connectivity index (χ0v) is 10.8. The number of aromatic nitrogens is 1. The first kappa shape index (κ1) is 10.9. The molecule has 0 amide bonds. The summed E-state index contributed by atoms with van der Waals surface area (Å²) in [6.45, 7) is 0.875. The Labute approximate surface area is 106 Å². The molecule has 0 spiro atoms. The second-order valence-electron chi connectivity index (χ2n) is 4.42. The highest BCUT2D eigenvalue weighted by Gasteiger charge is 2.18. The quantitative estimate of drug-likeness (QED) is 0.878. The van der Waals surface area contributed by atoms with Gasteiger partial charge in [-0.3, -0.25) is 0 Å². The second kappa shape index (κ2) is 4.59. The van der Waals surface area contributed by atoms with Crippen molar-refractivity contribution >= 4 is 11.3 Å². The second-order valence-corrected chi connectivity index (χ2v) is 5.59. The average molecular weight is 244 g/mol. The molecule has 0 unspecified atom stereocenters. The first-order chi connectivity index (χ1) is 8.38. The van der Waals surface area contributed by atoms with Crippen LogP contribution in [-0.4, -0.2) is 12.0 Å². The summed E-state index contributed by atoms with van der Waals surface area (Å²) < 4.78 is 0. The molecule has 1 aromatic heterocycles. The number of rotatable bonds is 2. The highest BCUT2D eigenvalue weighted by atomic mass is 32.1. The zero-order chi connectivity index (χ0) is 11.7. The van der Waals surface area contributed by atoms with Crippen LogP contribution in [0.25, 0.3) is 11.3 Å². The predicted molar refractivity (Wildman–Crippen MR) is 72.3 cm³/mol. The molecule has 1 aromatic carbocycles. The van der Waals surface area contributed by atoms with Crippen molar-refractivity contribution < 1.29 is 0 Å². The standard InChI is InChI=1S/C14H16N2S/c1-15-9-13-16-14-11-7-3-2-5-10(11)6-4-8-12(14)17-13/h2-3,5,7,15H,4,6,8-9H2,1H3. The topological polar surface area (TPSA) is 24.9 Å². The van der Waals surface area contributed by atoms with Gasteiger partial charge in [-0.2, -0.15) is 0 Å². The van der Waals surface area contributed by atoms with Gasteiger partial charge in [0.2, 0.25) is 0 Å². The molecule has 1 heterocycles. The van der Waals surface area contributed by atoms with E-state index in [1.165, 1.54) is 46.0 Å². The van der Waals surface area contributed by atoms with Gasteiger partial charge in [0.25, 0.3) is 0 Å². The number of hydrogen-bond acceptors (Lipinski definition) is 3. The summed E-state index contributed by atoms with van der Waals surface area (Å²) in [4.78, 5) is 6.26. The van der Waals surface area contributed by atoms with Gasteiger partial charge in [-0.1, -0.05) is 24.3 Å². The molecule has 0 saturated heterocycles. The maximum atomic E-state index is 4.80. The van der Waals surface area contributed by atoms with Crippen LogP contribution in [-0.2, 0) is 19.4 Å². The molecule has 1 aliphatic carbocycles. The van der Waals surface area contributed by atoms with Crippen LogP contribution in [0.15, 0.2) is 24.3 Å². The number of nitrogens with one attached hydrogen (secondary N) is 1. The smallest absolute Gasteiger partial charge is 0.107 e. The van der Waals surface area contributed by atoms with Gasteiger partial charge in [-0.15, -0.1) is 11.3 Å². The molecule has 1 N–H and O–H groups in total. The van der Waals surface area contributed by atoms with E-state index in [2.05, 4.69) is 29.6 Å². The van der Waals surface area contributed by atoms with Crippen LogP contribution >= 0.6 is 11.3 Å². The fourth-order valence-electron chi connectivity index (χ4n) is 2.42. The van der Waals surface area contributed by atoms with Crippen LogP contribution in [0.4, 0.5) is 0 Å². The van der Waals surface area contributed by atoms with Gasteiger partial charge in [0.05, 0.1) is 5.69 Å². The maximum Gasteiger partial charge on any atom is 0.107 e. The zero-order valence-electron chi connectivity index (χ0n) is 9.99. The minimum Gasteiger partial charge on any atom is -0.314 e. The van der Waals surface area contributed by atoms with Gasteiger partial charge in [0.1, 0.15) is 5.01 Å². The van der Waals surface area contributed by atoms with E-state index in [9.17, 15) is 0 Å². The van der Waals surface area contributed by atoms with Crippen LogP contribution in [0.1, 0.15) is 21.9 Å². The molecule has 17 heavy (non-hydrogen) atoms. The molecule has 3 rings (SSSR count). The number of aryl methyl sites for hydroxylation is 2. The van der Waals surface area contributed by atoms with E-state index in [0.717, 1.165) is 6.54 Å². The summed E-state index contributed by atoms with van der Waals surface area (Å²) in [6.07, 6.45) is 3.59. The van der Waals surface area contributed by atoms with Crippen LogP contribution < -0.4 is 5.32 Å². The summed E-state index contributed by atoms with van der Waals surface area (Å²) in [7, 11) is 1.97. The summed E-state index contributed by atoms with van der Waals surface area (Å²) in [5.41, 5.74) is 4.03. The van der Waals surface area contributed by atoms with E-state index < -0.39 is 0 Å². The Morgan fingerprint density at radius 1 is 1.29 bits per heavy atom. The number of hydrogen-bond donors (Lipinski definition) is 1. The Balaban J connectivity index is 2.11. The van der Waals surface area contributed by atoms with Crippen LogP contribution in [0.2, 0.25) is 0 Å². The molecule has 0 radical (unpaired) electrons. The van der Waals surface area contributed by atoms with Crippen molar-refractivity contribution in [2.24, 2.45) is 0 Å². The number of thiazole rings is 1. The highest BCUT2D eigenvalue weighted by Crippen LogP contribution is 2.35. The Morgan fingerprint density at radius 3 is 3.06 bits per heavy atom. The fraction of sp³-hybridized carbons (Fsp3) is 0.357. The molecule has 1 aliphatic rings. The average Bonchev–Trinajstić information content (AvgIpc) is 2.66. The van der Waals surface area contributed by atoms with E-state index >= 15 is 0 Å². The number of benzene rings is 1. The minimum atomic E-state index is 0.875. The lowest BCUT2D eigenvalue weighted by Crippen LogP contribution is -2.04. The monoisotopic (exact) mass is 244 g/mol. The first-order valence-corrected chi connectivity index (χ1v) is 6.91. The fourth-order valence-corrected chi connectivity index (χ4v) is 3.55. The lowest BCUT2D eigenvalue weighted by Gasteiger charge is -2.03. The Bertz CT molecular complexity index is 531. The van der Waals surface area contributed by atoms with Crippen molar-refractivity contribution in [3.05, 3.63) is 39.7 Å². The van der Waals surface area contributed by atoms with Crippen LogP contribution in [0.5, 0.6) is 0 Å². The third-order valence-electron chi connectivity index (χ3n) is 3.19. The van der Waals surface area contributed by atoms with Crippen molar-refractivity contribution in [2.45, 2.75) is 25.8 Å². The molecule has 0 fully saturated rings. The molecule has 0 bridgehead atoms. The SMILES string of the molecule is CNCc1nc2c(s1)CCCc1ccccc1-2. The normalized spacial score (nSPS) is 13.9. The molecule has 2 aromatic rings. The Kier molecular flexibility index (Phi) is 2.95. The van der Waals surface area contributed by atoms with Gasteiger partial charge < -0.3 is 5.32 Å². The summed E-state index contributed by atoms with van der Waals surface area (Å²) in [5.74, 6) is 0. The summed E-state index contributed by atoms with van der Waals surface area (Å²) in [6, 6.07) is 8.69. The van der Waals surface area contributed by atoms with Crippen molar-refractivity contribution in [3.63, 3.8) is 0 Å². The minimum absolute atomic E-state index is 0.875.